The van der Waals surface area contributed by atoms with Crippen molar-refractivity contribution in [2.75, 3.05) is 20.2 Å². The summed E-state index contributed by atoms with van der Waals surface area (Å²) in [6.45, 7) is 1.85. The van der Waals surface area contributed by atoms with E-state index in [0.29, 0.717) is 26.1 Å². The van der Waals surface area contributed by atoms with E-state index in [1.54, 1.807) is 7.11 Å². The van der Waals surface area contributed by atoms with Gasteiger partial charge in [0, 0.05) is 18.1 Å². The van der Waals surface area contributed by atoms with Crippen LogP contribution in [0.3, 0.4) is 0 Å². The third-order valence-electron chi connectivity index (χ3n) is 4.11. The Bertz CT molecular complexity index is 679. The van der Waals surface area contributed by atoms with Crippen molar-refractivity contribution in [3.63, 3.8) is 0 Å². The van der Waals surface area contributed by atoms with Crippen LogP contribution in [0, 0.1) is 0 Å². The Hall–Kier alpha value is -2.04. The monoisotopic (exact) mass is 345 g/mol. The smallest absolute Gasteiger partial charge is 0.227 e. The van der Waals surface area contributed by atoms with Crippen LogP contribution in [0.15, 0.2) is 48.5 Å². The van der Waals surface area contributed by atoms with Gasteiger partial charge >= 0.3 is 0 Å². The summed E-state index contributed by atoms with van der Waals surface area (Å²) in [5.41, 5.74) is 2.08. The molecule has 1 aliphatic heterocycles. The highest BCUT2D eigenvalue weighted by atomic mass is 35.5. The Morgan fingerprint density at radius 3 is 2.33 bits per heavy atom. The van der Waals surface area contributed by atoms with Crippen LogP contribution in [0.5, 0.6) is 5.75 Å². The Kier molecular flexibility index (Phi) is 5.38. The fraction of sp³-hybridized carbons (Fsp3) is 0.316. The van der Waals surface area contributed by atoms with Crippen LogP contribution >= 0.6 is 11.6 Å². The molecule has 1 fully saturated rings. The molecule has 0 N–H and O–H groups in total. The molecule has 0 spiro atoms. The maximum absolute atomic E-state index is 12.2. The number of likely N-dealkylation sites (tertiary alicyclic amines) is 1. The van der Waals surface area contributed by atoms with Gasteiger partial charge in [0.15, 0.2) is 0 Å². The second kappa shape index (κ2) is 7.69. The highest BCUT2D eigenvalue weighted by Crippen LogP contribution is 2.18. The number of halogens is 1. The number of nitrogens with zero attached hydrogens (tertiary/aromatic N) is 1. The number of rotatable bonds is 6. The first-order chi connectivity index (χ1) is 11.6. The lowest BCUT2D eigenvalue weighted by atomic mass is 10.1. The van der Waals surface area contributed by atoms with Gasteiger partial charge in [0.05, 0.1) is 26.2 Å². The fourth-order valence-corrected chi connectivity index (χ4v) is 2.70. The summed E-state index contributed by atoms with van der Waals surface area (Å²) in [4.78, 5) is 14.1. The van der Waals surface area contributed by atoms with Crippen molar-refractivity contribution >= 4 is 17.5 Å². The lowest BCUT2D eigenvalue weighted by molar-refractivity contribution is -0.145. The summed E-state index contributed by atoms with van der Waals surface area (Å²) in [6.07, 6.45) is 0.522. The van der Waals surface area contributed by atoms with Crippen molar-refractivity contribution in [3.8, 4) is 5.75 Å². The maximum atomic E-state index is 12.2. The van der Waals surface area contributed by atoms with Crippen LogP contribution < -0.4 is 4.74 Å². The van der Waals surface area contributed by atoms with Crippen molar-refractivity contribution in [2.45, 2.75) is 19.1 Å². The van der Waals surface area contributed by atoms with Gasteiger partial charge in [0.1, 0.15) is 5.75 Å². The number of hydrogen-bond acceptors (Lipinski definition) is 3. The Labute approximate surface area is 146 Å². The quantitative estimate of drug-likeness (QED) is 0.806. The molecule has 0 aromatic heterocycles. The Morgan fingerprint density at radius 2 is 1.71 bits per heavy atom. The molecular formula is C19H20ClNO3. The summed E-state index contributed by atoms with van der Waals surface area (Å²) in [5, 5.41) is 0.720. The van der Waals surface area contributed by atoms with Gasteiger partial charge in [0.25, 0.3) is 0 Å². The Morgan fingerprint density at radius 1 is 1.08 bits per heavy atom. The van der Waals surface area contributed by atoms with E-state index in [9.17, 15) is 4.79 Å². The second-order valence-electron chi connectivity index (χ2n) is 5.88. The number of benzene rings is 2. The number of carbonyl (C=O) groups excluding carboxylic acids is 1. The first kappa shape index (κ1) is 16.8. The average Bonchev–Trinajstić information content (AvgIpc) is 2.56. The predicted molar refractivity (Wildman–Crippen MR) is 93.3 cm³/mol. The average molecular weight is 346 g/mol. The molecule has 3 rings (SSSR count). The van der Waals surface area contributed by atoms with Gasteiger partial charge in [-0.25, -0.2) is 0 Å². The molecule has 24 heavy (non-hydrogen) atoms. The van der Waals surface area contributed by atoms with Crippen LogP contribution in [0.25, 0.3) is 0 Å². The molecule has 1 saturated heterocycles. The number of amides is 1. The molecular weight excluding hydrogens is 326 g/mol. The van der Waals surface area contributed by atoms with Gasteiger partial charge in [-0.15, -0.1) is 0 Å². The molecule has 0 atom stereocenters. The molecule has 126 valence electrons. The zero-order valence-corrected chi connectivity index (χ0v) is 14.3. The summed E-state index contributed by atoms with van der Waals surface area (Å²) >= 11 is 5.86. The summed E-state index contributed by atoms with van der Waals surface area (Å²) < 4.78 is 10.9. The lowest BCUT2D eigenvalue weighted by Gasteiger charge is -2.39. The molecule has 0 radical (unpaired) electrons. The predicted octanol–water partition coefficient (Wildman–Crippen LogP) is 3.32. The number of hydrogen-bond donors (Lipinski definition) is 0. The van der Waals surface area contributed by atoms with Crippen molar-refractivity contribution in [1.29, 1.82) is 0 Å². The molecule has 1 amide bonds. The molecule has 2 aromatic rings. The molecule has 5 heteroatoms. The fourth-order valence-electron chi connectivity index (χ4n) is 2.57. The molecule has 0 saturated carbocycles. The maximum Gasteiger partial charge on any atom is 0.227 e. The number of carbonyl (C=O) groups is 1. The standard InChI is InChI=1S/C19H20ClNO3/c1-23-17-8-4-14(5-9-17)10-19(22)21-11-18(12-21)24-13-15-2-6-16(20)7-3-15/h2-9,18H,10-13H2,1H3. The SMILES string of the molecule is COc1ccc(CC(=O)N2CC(OCc3ccc(Cl)cc3)C2)cc1. The number of ether oxygens (including phenoxy) is 2. The zero-order valence-electron chi connectivity index (χ0n) is 13.6. The zero-order chi connectivity index (χ0) is 16.9. The molecule has 1 aliphatic rings. The van der Waals surface area contributed by atoms with Gasteiger partial charge in [-0.2, -0.15) is 0 Å². The highest BCUT2D eigenvalue weighted by molar-refractivity contribution is 6.30. The van der Waals surface area contributed by atoms with E-state index in [2.05, 4.69) is 0 Å². The van der Waals surface area contributed by atoms with E-state index in [-0.39, 0.29) is 12.0 Å². The summed E-state index contributed by atoms with van der Waals surface area (Å²) in [7, 11) is 1.63. The minimum absolute atomic E-state index is 0.112. The van der Waals surface area contributed by atoms with Crippen LogP contribution in [0.2, 0.25) is 5.02 Å². The minimum atomic E-state index is 0.112. The van der Waals surface area contributed by atoms with Crippen LogP contribution in [-0.2, 0) is 22.6 Å². The molecule has 0 bridgehead atoms. The van der Waals surface area contributed by atoms with E-state index >= 15 is 0 Å². The van der Waals surface area contributed by atoms with Gasteiger partial charge in [-0.05, 0) is 35.4 Å². The largest absolute Gasteiger partial charge is 0.497 e. The molecule has 2 aromatic carbocycles. The van der Waals surface area contributed by atoms with Crippen LogP contribution in [0.4, 0.5) is 0 Å². The molecule has 0 aliphatic carbocycles. The first-order valence-electron chi connectivity index (χ1n) is 7.91. The van der Waals surface area contributed by atoms with Crippen molar-refractivity contribution in [2.24, 2.45) is 0 Å². The first-order valence-corrected chi connectivity index (χ1v) is 8.28. The van der Waals surface area contributed by atoms with E-state index in [1.807, 2.05) is 53.4 Å². The second-order valence-corrected chi connectivity index (χ2v) is 6.32. The van der Waals surface area contributed by atoms with E-state index in [0.717, 1.165) is 21.9 Å². The van der Waals surface area contributed by atoms with Crippen LogP contribution in [-0.4, -0.2) is 37.1 Å². The van der Waals surface area contributed by atoms with Crippen LogP contribution in [0.1, 0.15) is 11.1 Å². The molecule has 1 heterocycles. The molecule has 0 unspecified atom stereocenters. The number of methoxy groups -OCH3 is 1. The van der Waals surface area contributed by atoms with Crippen molar-refractivity contribution in [1.82, 2.24) is 4.90 Å². The summed E-state index contributed by atoms with van der Waals surface area (Å²) in [5.74, 6) is 0.928. The lowest BCUT2D eigenvalue weighted by Crippen LogP contribution is -2.55. The third-order valence-corrected chi connectivity index (χ3v) is 4.37. The molecule has 4 nitrogen and oxygen atoms in total. The Balaban J connectivity index is 1.40. The van der Waals surface area contributed by atoms with E-state index < -0.39 is 0 Å². The summed E-state index contributed by atoms with van der Waals surface area (Å²) in [6, 6.07) is 15.2. The van der Waals surface area contributed by atoms with Crippen molar-refractivity contribution < 1.29 is 14.3 Å². The van der Waals surface area contributed by atoms with Gasteiger partial charge in [-0.1, -0.05) is 35.9 Å². The van der Waals surface area contributed by atoms with Gasteiger partial charge in [-0.3, -0.25) is 4.79 Å². The minimum Gasteiger partial charge on any atom is -0.497 e. The van der Waals surface area contributed by atoms with Gasteiger partial charge in [0.2, 0.25) is 5.91 Å². The highest BCUT2D eigenvalue weighted by Gasteiger charge is 2.31. The van der Waals surface area contributed by atoms with Gasteiger partial charge < -0.3 is 14.4 Å². The van der Waals surface area contributed by atoms with Crippen molar-refractivity contribution in [3.05, 3.63) is 64.7 Å². The topological polar surface area (TPSA) is 38.8 Å². The van der Waals surface area contributed by atoms with E-state index in [4.69, 9.17) is 21.1 Å². The normalized spacial score (nSPS) is 14.3. The third kappa shape index (κ3) is 4.28. The van der Waals surface area contributed by atoms with E-state index in [1.165, 1.54) is 0 Å².